The van der Waals surface area contributed by atoms with Crippen LogP contribution in [-0.4, -0.2) is 46.0 Å². The van der Waals surface area contributed by atoms with Crippen molar-refractivity contribution in [2.45, 2.75) is 25.4 Å². The smallest absolute Gasteiger partial charge is 0.254 e. The van der Waals surface area contributed by atoms with E-state index in [9.17, 15) is 4.79 Å². The number of hydrogen-bond donors (Lipinski definition) is 1. The van der Waals surface area contributed by atoms with Crippen LogP contribution < -0.4 is 10.1 Å². The fraction of sp³-hybridized carbons (Fsp3) is 0.250. The van der Waals surface area contributed by atoms with Crippen LogP contribution in [0.1, 0.15) is 28.0 Å². The first-order chi connectivity index (χ1) is 17.2. The highest BCUT2D eigenvalue weighted by molar-refractivity contribution is 6.07. The van der Waals surface area contributed by atoms with Crippen molar-refractivity contribution in [1.82, 2.24) is 19.8 Å². The molecule has 35 heavy (non-hydrogen) atoms. The lowest BCUT2D eigenvalue weighted by atomic mass is 10.0. The SMILES string of the molecule is [C-]#[N+]c1ccc2cc1Oc1ccc3cccc(c3c1)C(=O)N1CC[C@H](C1)NCCc1cncn1C2. The number of fused-ring (bicyclic) bond motifs is 6. The molecule has 3 heterocycles. The number of aromatic nitrogens is 2. The topological polar surface area (TPSA) is 63.8 Å². The Morgan fingerprint density at radius 1 is 1.14 bits per heavy atom. The second kappa shape index (κ2) is 8.90. The average molecular weight is 464 g/mol. The van der Waals surface area contributed by atoms with Gasteiger partial charge in [0, 0.05) is 56.1 Å². The summed E-state index contributed by atoms with van der Waals surface area (Å²) in [5.74, 6) is 1.15. The zero-order valence-corrected chi connectivity index (χ0v) is 19.3. The van der Waals surface area contributed by atoms with E-state index in [1.165, 1.54) is 0 Å². The monoisotopic (exact) mass is 463 g/mol. The second-order valence-electron chi connectivity index (χ2n) is 9.16. The molecular weight excluding hydrogens is 438 g/mol. The highest BCUT2D eigenvalue weighted by Crippen LogP contribution is 2.35. The predicted octanol–water partition coefficient (Wildman–Crippen LogP) is 4.79. The molecule has 1 saturated heterocycles. The summed E-state index contributed by atoms with van der Waals surface area (Å²) in [6, 6.07) is 17.6. The summed E-state index contributed by atoms with van der Waals surface area (Å²) in [6.07, 6.45) is 5.53. The van der Waals surface area contributed by atoms with Gasteiger partial charge in [-0.2, -0.15) is 0 Å². The Morgan fingerprint density at radius 3 is 3.00 bits per heavy atom. The summed E-state index contributed by atoms with van der Waals surface area (Å²) in [7, 11) is 0. The number of nitrogens with one attached hydrogen (secondary N) is 1. The number of nitrogens with zero attached hydrogens (tertiary/aromatic N) is 4. The van der Waals surface area contributed by atoms with E-state index < -0.39 is 0 Å². The number of rotatable bonds is 0. The molecule has 1 aromatic heterocycles. The van der Waals surface area contributed by atoms with E-state index in [-0.39, 0.29) is 11.9 Å². The number of carbonyl (C=O) groups is 1. The highest BCUT2D eigenvalue weighted by atomic mass is 16.5. The normalized spacial score (nSPS) is 18.0. The van der Waals surface area contributed by atoms with Crippen molar-refractivity contribution in [3.63, 3.8) is 0 Å². The summed E-state index contributed by atoms with van der Waals surface area (Å²) in [5, 5.41) is 5.47. The third-order valence-corrected chi connectivity index (χ3v) is 6.90. The first-order valence-corrected chi connectivity index (χ1v) is 11.9. The van der Waals surface area contributed by atoms with Crippen molar-refractivity contribution in [2.24, 2.45) is 0 Å². The van der Waals surface area contributed by atoms with Crippen molar-refractivity contribution in [1.29, 1.82) is 0 Å². The van der Waals surface area contributed by atoms with E-state index in [1.807, 2.05) is 66.0 Å². The third-order valence-electron chi connectivity index (χ3n) is 6.90. The fourth-order valence-electron chi connectivity index (χ4n) is 5.04. The maximum atomic E-state index is 13.5. The molecular formula is C28H25N5O2. The quantitative estimate of drug-likeness (QED) is 0.381. The molecule has 0 aliphatic carbocycles. The van der Waals surface area contributed by atoms with Crippen molar-refractivity contribution in [3.8, 4) is 11.5 Å². The van der Waals surface area contributed by atoms with Gasteiger partial charge in [0.1, 0.15) is 11.5 Å². The molecule has 3 aromatic carbocycles. The van der Waals surface area contributed by atoms with E-state index in [0.717, 1.165) is 48.0 Å². The van der Waals surface area contributed by atoms with Crippen LogP contribution in [0.5, 0.6) is 11.5 Å². The van der Waals surface area contributed by atoms with Crippen LogP contribution in [0.3, 0.4) is 0 Å². The Hall–Kier alpha value is -4.15. The first kappa shape index (κ1) is 21.4. The van der Waals surface area contributed by atoms with Gasteiger partial charge in [0.25, 0.3) is 5.91 Å². The van der Waals surface area contributed by atoms with Crippen molar-refractivity contribution in [3.05, 3.63) is 95.4 Å². The molecule has 0 radical (unpaired) electrons. The highest BCUT2D eigenvalue weighted by Gasteiger charge is 2.27. The Kier molecular flexibility index (Phi) is 5.44. The molecule has 0 unspecified atom stereocenters. The number of imidazole rings is 1. The van der Waals surface area contributed by atoms with Gasteiger partial charge in [0.05, 0.1) is 12.9 Å². The first-order valence-electron chi connectivity index (χ1n) is 11.9. The van der Waals surface area contributed by atoms with Crippen LogP contribution in [0.2, 0.25) is 0 Å². The number of benzene rings is 3. The lowest BCUT2D eigenvalue weighted by Gasteiger charge is -2.19. The Labute approximate surface area is 203 Å². The Balaban J connectivity index is 1.45. The number of hydrogen-bond acceptors (Lipinski definition) is 4. The largest absolute Gasteiger partial charge is 0.468 e. The minimum absolute atomic E-state index is 0.0417. The molecule has 7 nitrogen and oxygen atoms in total. The summed E-state index contributed by atoms with van der Waals surface area (Å²) >= 11 is 0. The van der Waals surface area contributed by atoms with Gasteiger partial charge in [0.15, 0.2) is 0 Å². The minimum Gasteiger partial charge on any atom is -0.468 e. The average Bonchev–Trinajstić information content (AvgIpc) is 3.53. The zero-order valence-electron chi connectivity index (χ0n) is 19.3. The Bertz CT molecular complexity index is 1470. The molecule has 2 aliphatic heterocycles. The molecule has 4 aromatic rings. The van der Waals surface area contributed by atoms with Crippen LogP contribution in [0, 0.1) is 6.57 Å². The molecule has 0 saturated carbocycles. The van der Waals surface area contributed by atoms with Crippen molar-refractivity contribution in [2.75, 3.05) is 19.6 Å². The molecule has 2 aliphatic rings. The van der Waals surface area contributed by atoms with Gasteiger partial charge in [-0.1, -0.05) is 30.3 Å². The molecule has 1 N–H and O–H groups in total. The summed E-state index contributed by atoms with van der Waals surface area (Å²) in [4.78, 5) is 23.4. The standard InChI is InChI=1S/C28H25N5O2/c1-29-26-8-5-19-13-27(26)35-23-7-6-20-3-2-4-24(25(20)14-23)28(34)32-12-10-21(17-32)31-11-9-22-15-30-18-33(22)16-19/h2-8,13-15,18,21,31H,9-12,16-17H2/t21-/m1/s1. The van der Waals surface area contributed by atoms with E-state index in [2.05, 4.69) is 19.7 Å². The summed E-state index contributed by atoms with van der Waals surface area (Å²) in [6.45, 7) is 10.5. The van der Waals surface area contributed by atoms with E-state index in [4.69, 9.17) is 11.3 Å². The lowest BCUT2D eigenvalue weighted by molar-refractivity contribution is 0.0791. The van der Waals surface area contributed by atoms with Gasteiger partial charge in [0.2, 0.25) is 5.69 Å². The predicted molar refractivity (Wildman–Crippen MR) is 134 cm³/mol. The van der Waals surface area contributed by atoms with Gasteiger partial charge >= 0.3 is 0 Å². The molecule has 1 amide bonds. The molecule has 6 bridgehead atoms. The van der Waals surface area contributed by atoms with E-state index in [1.54, 1.807) is 6.07 Å². The van der Waals surface area contributed by atoms with Gasteiger partial charge < -0.3 is 19.5 Å². The number of carbonyl (C=O) groups excluding carboxylic acids is 1. The fourth-order valence-corrected chi connectivity index (χ4v) is 5.04. The van der Waals surface area contributed by atoms with Gasteiger partial charge in [-0.05, 0) is 47.0 Å². The molecule has 174 valence electrons. The molecule has 6 rings (SSSR count). The lowest BCUT2D eigenvalue weighted by Crippen LogP contribution is -2.36. The van der Waals surface area contributed by atoms with Crippen LogP contribution in [-0.2, 0) is 13.0 Å². The molecule has 7 heteroatoms. The number of ether oxygens (including phenoxy) is 1. The second-order valence-corrected chi connectivity index (χ2v) is 9.16. The van der Waals surface area contributed by atoms with E-state index in [0.29, 0.717) is 35.8 Å². The van der Waals surface area contributed by atoms with E-state index >= 15 is 0 Å². The third kappa shape index (κ3) is 4.13. The Morgan fingerprint density at radius 2 is 2.09 bits per heavy atom. The zero-order chi connectivity index (χ0) is 23.8. The molecule has 1 atom stereocenters. The van der Waals surface area contributed by atoms with Crippen LogP contribution in [0.4, 0.5) is 5.69 Å². The van der Waals surface area contributed by atoms with Crippen molar-refractivity contribution < 1.29 is 9.53 Å². The maximum Gasteiger partial charge on any atom is 0.254 e. The van der Waals surface area contributed by atoms with Gasteiger partial charge in [-0.15, -0.1) is 0 Å². The van der Waals surface area contributed by atoms with Crippen LogP contribution >= 0.6 is 0 Å². The molecule has 0 spiro atoms. The minimum atomic E-state index is 0.0417. The molecule has 1 fully saturated rings. The number of amides is 1. The van der Waals surface area contributed by atoms with Crippen molar-refractivity contribution >= 4 is 22.4 Å². The summed E-state index contributed by atoms with van der Waals surface area (Å²) in [5.41, 5.74) is 3.30. The van der Waals surface area contributed by atoms with Gasteiger partial charge in [-0.25, -0.2) is 9.83 Å². The van der Waals surface area contributed by atoms with Crippen LogP contribution in [0.25, 0.3) is 15.6 Å². The maximum absolute atomic E-state index is 13.5. The van der Waals surface area contributed by atoms with Gasteiger partial charge in [-0.3, -0.25) is 4.79 Å². The summed E-state index contributed by atoms with van der Waals surface area (Å²) < 4.78 is 8.37. The van der Waals surface area contributed by atoms with Crippen LogP contribution in [0.15, 0.2) is 67.1 Å².